The van der Waals surface area contributed by atoms with Gasteiger partial charge in [-0.15, -0.1) is 0 Å². The highest BCUT2D eigenvalue weighted by atomic mass is 16.5. The Morgan fingerprint density at radius 1 is 1.00 bits per heavy atom. The number of para-hydroxylation sites is 2. The van der Waals surface area contributed by atoms with Gasteiger partial charge in [0.25, 0.3) is 5.91 Å². The van der Waals surface area contributed by atoms with Crippen molar-refractivity contribution in [2.24, 2.45) is 5.41 Å². The first-order valence-corrected chi connectivity index (χ1v) is 9.46. The van der Waals surface area contributed by atoms with Crippen LogP contribution >= 0.6 is 0 Å². The second kappa shape index (κ2) is 7.06. The van der Waals surface area contributed by atoms with Crippen LogP contribution in [0.2, 0.25) is 0 Å². The fraction of sp³-hybridized carbons (Fsp3) is 0.364. The number of likely N-dealkylation sites (tertiary alicyclic amines) is 2. The first-order chi connectivity index (χ1) is 13.1. The number of carbonyl (C=O) groups is 2. The highest BCUT2D eigenvalue weighted by Gasteiger charge is 2.48. The van der Waals surface area contributed by atoms with E-state index in [1.165, 1.54) is 0 Å². The van der Waals surface area contributed by atoms with Crippen molar-refractivity contribution in [3.05, 3.63) is 60.2 Å². The van der Waals surface area contributed by atoms with E-state index < -0.39 is 5.41 Å². The topological polar surface area (TPSA) is 49.9 Å². The molecule has 5 nitrogen and oxygen atoms in total. The monoisotopic (exact) mass is 364 g/mol. The summed E-state index contributed by atoms with van der Waals surface area (Å²) >= 11 is 0. The first-order valence-electron chi connectivity index (χ1n) is 9.46. The molecule has 2 aliphatic heterocycles. The minimum absolute atomic E-state index is 0.0700. The lowest BCUT2D eigenvalue weighted by Gasteiger charge is -2.37. The molecule has 0 radical (unpaired) electrons. The van der Waals surface area contributed by atoms with Gasteiger partial charge in [-0.2, -0.15) is 0 Å². The van der Waals surface area contributed by atoms with Crippen LogP contribution in [0.4, 0.5) is 0 Å². The molecule has 2 aromatic carbocycles. The molecule has 2 heterocycles. The van der Waals surface area contributed by atoms with Gasteiger partial charge in [0.15, 0.2) is 0 Å². The van der Waals surface area contributed by atoms with Crippen LogP contribution in [-0.2, 0) is 4.79 Å². The quantitative estimate of drug-likeness (QED) is 0.837. The second-order valence-corrected chi connectivity index (χ2v) is 7.50. The number of hydrogen-bond acceptors (Lipinski definition) is 3. The third kappa shape index (κ3) is 3.29. The Morgan fingerprint density at radius 3 is 2.56 bits per heavy atom. The van der Waals surface area contributed by atoms with Crippen molar-refractivity contribution in [2.75, 3.05) is 26.7 Å². The highest BCUT2D eigenvalue weighted by Crippen LogP contribution is 2.40. The SMILES string of the molecule is CN1CCC[C@@]2(CCN(C(=O)c3ccccc3Oc3ccccc3)C2)C1=O. The van der Waals surface area contributed by atoms with Crippen LogP contribution in [0.1, 0.15) is 29.6 Å². The molecule has 0 aromatic heterocycles. The van der Waals surface area contributed by atoms with Crippen molar-refractivity contribution in [1.82, 2.24) is 9.80 Å². The summed E-state index contributed by atoms with van der Waals surface area (Å²) in [5, 5.41) is 0. The molecule has 2 aliphatic rings. The third-order valence-electron chi connectivity index (χ3n) is 5.68. The van der Waals surface area contributed by atoms with Crippen LogP contribution in [0.3, 0.4) is 0 Å². The van der Waals surface area contributed by atoms with Gasteiger partial charge in [0, 0.05) is 26.7 Å². The molecule has 2 fully saturated rings. The zero-order chi connectivity index (χ0) is 18.9. The van der Waals surface area contributed by atoms with Gasteiger partial charge in [-0.05, 0) is 43.5 Å². The maximum Gasteiger partial charge on any atom is 0.257 e. The minimum atomic E-state index is -0.405. The fourth-order valence-electron chi connectivity index (χ4n) is 4.21. The van der Waals surface area contributed by atoms with Crippen molar-refractivity contribution in [3.63, 3.8) is 0 Å². The van der Waals surface area contributed by atoms with E-state index in [0.29, 0.717) is 30.2 Å². The van der Waals surface area contributed by atoms with Crippen molar-refractivity contribution in [2.45, 2.75) is 19.3 Å². The summed E-state index contributed by atoms with van der Waals surface area (Å²) < 4.78 is 5.94. The van der Waals surface area contributed by atoms with E-state index in [1.54, 1.807) is 6.07 Å². The highest BCUT2D eigenvalue weighted by molar-refractivity contribution is 5.98. The first kappa shape index (κ1) is 17.6. The van der Waals surface area contributed by atoms with Crippen LogP contribution in [-0.4, -0.2) is 48.3 Å². The van der Waals surface area contributed by atoms with Crippen molar-refractivity contribution < 1.29 is 14.3 Å². The molecule has 2 saturated heterocycles. The molecule has 0 bridgehead atoms. The van der Waals surface area contributed by atoms with Gasteiger partial charge in [-0.1, -0.05) is 30.3 Å². The lowest BCUT2D eigenvalue weighted by atomic mass is 9.78. The summed E-state index contributed by atoms with van der Waals surface area (Å²) in [7, 11) is 1.86. The van der Waals surface area contributed by atoms with E-state index in [4.69, 9.17) is 4.74 Å². The van der Waals surface area contributed by atoms with Gasteiger partial charge in [0.05, 0.1) is 11.0 Å². The molecule has 0 saturated carbocycles. The minimum Gasteiger partial charge on any atom is -0.457 e. The zero-order valence-electron chi connectivity index (χ0n) is 15.6. The molecule has 27 heavy (non-hydrogen) atoms. The molecular weight excluding hydrogens is 340 g/mol. The van der Waals surface area contributed by atoms with Gasteiger partial charge < -0.3 is 14.5 Å². The summed E-state index contributed by atoms with van der Waals surface area (Å²) in [6.07, 6.45) is 2.60. The smallest absolute Gasteiger partial charge is 0.257 e. The lowest BCUT2D eigenvalue weighted by Crippen LogP contribution is -2.48. The Kier molecular flexibility index (Phi) is 4.60. The van der Waals surface area contributed by atoms with Crippen LogP contribution in [0.15, 0.2) is 54.6 Å². The van der Waals surface area contributed by atoms with E-state index in [1.807, 2.05) is 65.4 Å². The Hall–Kier alpha value is -2.82. The molecule has 0 aliphatic carbocycles. The predicted octanol–water partition coefficient (Wildman–Crippen LogP) is 3.56. The molecule has 5 heteroatoms. The van der Waals surface area contributed by atoms with E-state index in [0.717, 1.165) is 25.8 Å². The number of carbonyl (C=O) groups excluding carboxylic acids is 2. The standard InChI is InChI=1S/C22H24N2O3/c1-23-14-7-12-22(21(23)26)13-15-24(16-22)20(25)18-10-5-6-11-19(18)27-17-8-3-2-4-9-17/h2-6,8-11H,7,12-16H2,1H3/t22-/m0/s1. The van der Waals surface area contributed by atoms with Gasteiger partial charge in [-0.25, -0.2) is 0 Å². The fourth-order valence-corrected chi connectivity index (χ4v) is 4.21. The van der Waals surface area contributed by atoms with E-state index in [9.17, 15) is 9.59 Å². The summed E-state index contributed by atoms with van der Waals surface area (Å²) in [5.41, 5.74) is 0.132. The zero-order valence-corrected chi connectivity index (χ0v) is 15.6. The molecule has 0 unspecified atom stereocenters. The number of ether oxygens (including phenoxy) is 1. The molecule has 140 valence electrons. The third-order valence-corrected chi connectivity index (χ3v) is 5.68. The average Bonchev–Trinajstić information content (AvgIpc) is 3.12. The van der Waals surface area contributed by atoms with Crippen molar-refractivity contribution in [3.8, 4) is 11.5 Å². The lowest BCUT2D eigenvalue weighted by molar-refractivity contribution is -0.143. The number of nitrogens with zero attached hydrogens (tertiary/aromatic N) is 2. The molecule has 1 atom stereocenters. The van der Waals surface area contributed by atoms with Crippen LogP contribution in [0.25, 0.3) is 0 Å². The molecule has 2 amide bonds. The van der Waals surface area contributed by atoms with E-state index in [-0.39, 0.29) is 11.8 Å². The summed E-state index contributed by atoms with van der Waals surface area (Å²) in [5.74, 6) is 1.35. The Morgan fingerprint density at radius 2 is 1.74 bits per heavy atom. The summed E-state index contributed by atoms with van der Waals surface area (Å²) in [6.45, 7) is 1.91. The maximum absolute atomic E-state index is 13.2. The van der Waals surface area contributed by atoms with Gasteiger partial charge >= 0.3 is 0 Å². The van der Waals surface area contributed by atoms with Crippen molar-refractivity contribution in [1.29, 1.82) is 0 Å². The average molecular weight is 364 g/mol. The molecule has 2 aromatic rings. The molecule has 0 N–H and O–H groups in total. The van der Waals surface area contributed by atoms with Crippen molar-refractivity contribution >= 4 is 11.8 Å². The molecule has 1 spiro atoms. The Bertz CT molecular complexity index is 852. The Labute approximate surface area is 159 Å². The molecular formula is C22H24N2O3. The maximum atomic E-state index is 13.2. The number of benzene rings is 2. The van der Waals surface area contributed by atoms with Crippen LogP contribution < -0.4 is 4.74 Å². The summed E-state index contributed by atoms with van der Waals surface area (Å²) in [4.78, 5) is 29.5. The van der Waals surface area contributed by atoms with E-state index in [2.05, 4.69) is 0 Å². The number of amides is 2. The number of hydrogen-bond donors (Lipinski definition) is 0. The van der Waals surface area contributed by atoms with Gasteiger partial charge in [0.2, 0.25) is 5.91 Å². The summed E-state index contributed by atoms with van der Waals surface area (Å²) in [6, 6.07) is 16.8. The van der Waals surface area contributed by atoms with Crippen LogP contribution in [0.5, 0.6) is 11.5 Å². The second-order valence-electron chi connectivity index (χ2n) is 7.50. The molecule has 4 rings (SSSR count). The number of piperidine rings is 1. The van der Waals surface area contributed by atoms with Gasteiger partial charge in [-0.3, -0.25) is 9.59 Å². The number of rotatable bonds is 3. The Balaban J connectivity index is 1.55. The van der Waals surface area contributed by atoms with Crippen LogP contribution in [0, 0.1) is 5.41 Å². The normalized spacial score (nSPS) is 22.3. The largest absolute Gasteiger partial charge is 0.457 e. The van der Waals surface area contributed by atoms with E-state index >= 15 is 0 Å². The van der Waals surface area contributed by atoms with Gasteiger partial charge in [0.1, 0.15) is 11.5 Å². The predicted molar refractivity (Wildman–Crippen MR) is 103 cm³/mol.